The Morgan fingerprint density at radius 3 is 2.76 bits per heavy atom. The summed E-state index contributed by atoms with van der Waals surface area (Å²) in [5.41, 5.74) is 13.5. The van der Waals surface area contributed by atoms with Crippen molar-refractivity contribution in [3.8, 4) is 0 Å². The van der Waals surface area contributed by atoms with Crippen molar-refractivity contribution >= 4 is 41.2 Å². The number of carbonyl (C=O) groups excluding carboxylic acids is 1. The van der Waals surface area contributed by atoms with E-state index in [4.69, 9.17) is 23.1 Å². The van der Waals surface area contributed by atoms with Crippen molar-refractivity contribution in [3.05, 3.63) is 47.4 Å². The molecule has 4 heterocycles. The molecular formula is C22H27ClN8OS. The molecule has 0 radical (unpaired) electrons. The summed E-state index contributed by atoms with van der Waals surface area (Å²) in [6.45, 7) is 2.66. The van der Waals surface area contributed by atoms with Crippen LogP contribution in [-0.2, 0) is 11.3 Å². The van der Waals surface area contributed by atoms with Crippen molar-refractivity contribution in [2.75, 3.05) is 31.6 Å². The Balaban J connectivity index is 1.42. The molecular weight excluding hydrogens is 460 g/mol. The van der Waals surface area contributed by atoms with Gasteiger partial charge in [0, 0.05) is 43.2 Å². The van der Waals surface area contributed by atoms with Gasteiger partial charge < -0.3 is 25.7 Å². The van der Waals surface area contributed by atoms with Gasteiger partial charge in [-0.3, -0.25) is 9.98 Å². The molecule has 1 atom stereocenters. The fraction of sp³-hybridized carbons (Fsp3) is 0.409. The maximum absolute atomic E-state index is 10.9. The third-order valence-electron chi connectivity index (χ3n) is 6.31. The highest BCUT2D eigenvalue weighted by Crippen LogP contribution is 2.40. The summed E-state index contributed by atoms with van der Waals surface area (Å²) in [4.78, 5) is 31.9. The molecule has 0 saturated carbocycles. The Bertz CT molecular complexity index is 1140. The van der Waals surface area contributed by atoms with E-state index in [1.54, 1.807) is 30.2 Å². The molecule has 0 bridgehead atoms. The average Bonchev–Trinajstić information content (AvgIpc) is 3.12. The predicted octanol–water partition coefficient (Wildman–Crippen LogP) is 1.65. The van der Waals surface area contributed by atoms with Crippen molar-refractivity contribution in [1.29, 1.82) is 0 Å². The molecule has 1 saturated heterocycles. The largest absolute Gasteiger partial charge is 0.405 e. The Hall–Kier alpha value is -2.69. The van der Waals surface area contributed by atoms with Crippen molar-refractivity contribution in [2.45, 2.75) is 35.3 Å². The summed E-state index contributed by atoms with van der Waals surface area (Å²) in [6.07, 6.45) is 11.4. The number of aromatic nitrogens is 3. The number of aldehydes is 1. The SMILES string of the molecule is CN=c1c(Cl)c(Sc2cnc(N3CCC4(CC3)CN=C(/C=C\N)C4N)cn2)ccn1CC=O. The van der Waals surface area contributed by atoms with Crippen LogP contribution in [0.5, 0.6) is 0 Å². The van der Waals surface area contributed by atoms with Gasteiger partial charge in [0.1, 0.15) is 22.6 Å². The van der Waals surface area contributed by atoms with Gasteiger partial charge in [0.2, 0.25) is 0 Å². The second-order valence-corrected chi connectivity index (χ2v) is 9.54. The van der Waals surface area contributed by atoms with Crippen LogP contribution in [-0.4, -0.2) is 59.3 Å². The number of carbonyl (C=O) groups is 1. The van der Waals surface area contributed by atoms with Gasteiger partial charge in [-0.2, -0.15) is 0 Å². The smallest absolute Gasteiger partial charge is 0.147 e. The molecule has 1 unspecified atom stereocenters. The van der Waals surface area contributed by atoms with Crippen LogP contribution in [0.15, 0.2) is 56.8 Å². The highest BCUT2D eigenvalue weighted by Gasteiger charge is 2.45. The molecule has 174 valence electrons. The van der Waals surface area contributed by atoms with E-state index in [9.17, 15) is 4.79 Å². The standard InChI is InChI=1S/C22H27ClN8OS/c1-26-21-19(23)16(3-7-31(21)10-11-32)33-18-13-27-17(12-28-18)30-8-4-22(5-9-30)14-29-15(2-6-24)20(22)25/h2-3,6-7,11-13,20H,4-5,8-10,14,24-25H2,1H3/b6-2-,26-21?. The molecule has 9 nitrogen and oxygen atoms in total. The van der Waals surface area contributed by atoms with Crippen LogP contribution in [0.2, 0.25) is 5.02 Å². The predicted molar refractivity (Wildman–Crippen MR) is 131 cm³/mol. The molecule has 0 amide bonds. The fourth-order valence-electron chi connectivity index (χ4n) is 4.37. The highest BCUT2D eigenvalue weighted by molar-refractivity contribution is 7.99. The first kappa shape index (κ1) is 23.5. The zero-order chi connectivity index (χ0) is 23.4. The lowest BCUT2D eigenvalue weighted by atomic mass is 9.73. The molecule has 4 N–H and O–H groups in total. The number of hydrogen-bond donors (Lipinski definition) is 2. The zero-order valence-corrected chi connectivity index (χ0v) is 20.0. The van der Waals surface area contributed by atoms with Gasteiger partial charge in [-0.05, 0) is 31.2 Å². The van der Waals surface area contributed by atoms with Crippen LogP contribution in [0.4, 0.5) is 5.82 Å². The van der Waals surface area contributed by atoms with Crippen LogP contribution in [0.3, 0.4) is 0 Å². The summed E-state index contributed by atoms with van der Waals surface area (Å²) < 4.78 is 1.70. The lowest BCUT2D eigenvalue weighted by molar-refractivity contribution is -0.108. The van der Waals surface area contributed by atoms with Gasteiger partial charge in [0.05, 0.1) is 35.7 Å². The van der Waals surface area contributed by atoms with Crippen LogP contribution < -0.4 is 21.9 Å². The molecule has 2 aromatic rings. The lowest BCUT2D eigenvalue weighted by Crippen LogP contribution is -2.51. The molecule has 11 heteroatoms. The molecule has 0 aliphatic carbocycles. The van der Waals surface area contributed by atoms with Crippen molar-refractivity contribution in [3.63, 3.8) is 0 Å². The van der Waals surface area contributed by atoms with Crippen LogP contribution in [0.1, 0.15) is 12.8 Å². The first-order valence-corrected chi connectivity index (χ1v) is 11.9. The van der Waals surface area contributed by atoms with Crippen molar-refractivity contribution in [2.24, 2.45) is 26.9 Å². The first-order chi connectivity index (χ1) is 16.0. The van der Waals surface area contributed by atoms with E-state index in [1.165, 1.54) is 18.0 Å². The molecule has 2 aliphatic heterocycles. The van der Waals surface area contributed by atoms with Gasteiger partial charge in [-0.25, -0.2) is 9.97 Å². The van der Waals surface area contributed by atoms with E-state index >= 15 is 0 Å². The third kappa shape index (κ3) is 4.68. The average molecular weight is 487 g/mol. The van der Waals surface area contributed by atoms with Crippen LogP contribution in [0.25, 0.3) is 0 Å². The van der Waals surface area contributed by atoms with Gasteiger partial charge in [0.15, 0.2) is 0 Å². The van der Waals surface area contributed by atoms with E-state index in [0.29, 0.717) is 10.5 Å². The molecule has 0 aromatic carbocycles. The normalized spacial score (nSPS) is 20.6. The summed E-state index contributed by atoms with van der Waals surface area (Å²) >= 11 is 7.93. The van der Waals surface area contributed by atoms with Crippen LogP contribution in [0, 0.1) is 5.41 Å². The Kier molecular flexibility index (Phi) is 7.16. The van der Waals surface area contributed by atoms with E-state index in [0.717, 1.165) is 60.2 Å². The number of nitrogens with zero attached hydrogens (tertiary/aromatic N) is 6. The van der Waals surface area contributed by atoms with E-state index in [1.807, 2.05) is 12.1 Å². The summed E-state index contributed by atoms with van der Waals surface area (Å²) in [7, 11) is 1.65. The van der Waals surface area contributed by atoms with Gasteiger partial charge in [-0.1, -0.05) is 23.4 Å². The lowest BCUT2D eigenvalue weighted by Gasteiger charge is -2.41. The van der Waals surface area contributed by atoms with Crippen molar-refractivity contribution in [1.82, 2.24) is 14.5 Å². The number of nitrogens with two attached hydrogens (primary N) is 2. The number of halogens is 1. The van der Waals surface area contributed by atoms with Gasteiger partial charge >= 0.3 is 0 Å². The second-order valence-electron chi connectivity index (χ2n) is 8.10. The highest BCUT2D eigenvalue weighted by atomic mass is 35.5. The number of piperidine rings is 1. The molecule has 33 heavy (non-hydrogen) atoms. The zero-order valence-electron chi connectivity index (χ0n) is 18.4. The number of pyridine rings is 1. The minimum absolute atomic E-state index is 0.00136. The molecule has 1 spiro atoms. The Morgan fingerprint density at radius 2 is 2.12 bits per heavy atom. The first-order valence-electron chi connectivity index (χ1n) is 10.7. The topological polar surface area (TPSA) is 128 Å². The quantitative estimate of drug-likeness (QED) is 0.594. The molecule has 2 aliphatic rings. The maximum Gasteiger partial charge on any atom is 0.147 e. The fourth-order valence-corrected chi connectivity index (χ4v) is 5.49. The van der Waals surface area contributed by atoms with Gasteiger partial charge in [-0.15, -0.1) is 0 Å². The van der Waals surface area contributed by atoms with Gasteiger partial charge in [0.25, 0.3) is 0 Å². The monoisotopic (exact) mass is 486 g/mol. The number of aliphatic imine (C=N–C) groups is 1. The number of rotatable bonds is 6. The molecule has 4 rings (SSSR count). The number of anilines is 1. The van der Waals surface area contributed by atoms with E-state index in [-0.39, 0.29) is 18.0 Å². The van der Waals surface area contributed by atoms with E-state index < -0.39 is 0 Å². The van der Waals surface area contributed by atoms with E-state index in [2.05, 4.69) is 24.9 Å². The third-order valence-corrected chi connectivity index (χ3v) is 7.77. The maximum atomic E-state index is 10.9. The van der Waals surface area contributed by atoms with Crippen molar-refractivity contribution < 1.29 is 4.79 Å². The minimum Gasteiger partial charge on any atom is -0.405 e. The summed E-state index contributed by atoms with van der Waals surface area (Å²) in [5, 5.41) is 1.21. The van der Waals surface area contributed by atoms with Crippen LogP contribution >= 0.6 is 23.4 Å². The molecule has 1 fully saturated rings. The minimum atomic E-state index is -0.0788. The number of hydrogen-bond acceptors (Lipinski definition) is 9. The Labute approximate surface area is 201 Å². The Morgan fingerprint density at radius 1 is 1.33 bits per heavy atom. The summed E-state index contributed by atoms with van der Waals surface area (Å²) in [5.74, 6) is 0.844. The molecule has 2 aromatic heterocycles. The summed E-state index contributed by atoms with van der Waals surface area (Å²) in [6, 6.07) is 1.77. The second kappa shape index (κ2) is 10.1.